The minimum atomic E-state index is -0.103. The van der Waals surface area contributed by atoms with Crippen LogP contribution in [0.15, 0.2) is 0 Å². The fraction of sp³-hybridized carbons (Fsp3) is 0.889. The van der Waals surface area contributed by atoms with Crippen molar-refractivity contribution in [2.24, 2.45) is 5.92 Å². The Labute approximate surface area is 85.0 Å². The molecule has 0 aliphatic carbocycles. The van der Waals surface area contributed by atoms with Gasteiger partial charge in [-0.2, -0.15) is 0 Å². The summed E-state index contributed by atoms with van der Waals surface area (Å²) in [5.41, 5.74) is 0. The Bertz CT molecular complexity index is 153. The molecule has 0 aliphatic rings. The summed E-state index contributed by atoms with van der Waals surface area (Å²) in [5.74, 6) is 0.348. The first-order valence-electron chi connectivity index (χ1n) is 4.52. The molecule has 0 fully saturated rings. The number of carbonyl (C=O) groups excluding carboxylic acids is 1. The lowest BCUT2D eigenvalue weighted by molar-refractivity contribution is -0.133. The van der Waals surface area contributed by atoms with Gasteiger partial charge in [0.05, 0.1) is 6.61 Å². The van der Waals surface area contributed by atoms with Gasteiger partial charge in [-0.25, -0.2) is 0 Å². The van der Waals surface area contributed by atoms with Crippen molar-refractivity contribution in [3.05, 3.63) is 0 Å². The second kappa shape index (κ2) is 7.15. The standard InChI is InChI=1S/C9H18ClNO2/c1-4-13-6-5-11(3)9(12)8(2)7-10/h8H,4-7H2,1-3H3. The topological polar surface area (TPSA) is 29.5 Å². The van der Waals surface area contributed by atoms with Gasteiger partial charge in [0.1, 0.15) is 0 Å². The van der Waals surface area contributed by atoms with Crippen LogP contribution in [0.25, 0.3) is 0 Å². The van der Waals surface area contributed by atoms with Crippen molar-refractivity contribution in [2.75, 3.05) is 32.7 Å². The van der Waals surface area contributed by atoms with Crippen LogP contribution in [0.5, 0.6) is 0 Å². The van der Waals surface area contributed by atoms with Gasteiger partial charge in [0, 0.05) is 32.0 Å². The third-order valence-electron chi connectivity index (χ3n) is 1.80. The van der Waals surface area contributed by atoms with E-state index in [2.05, 4.69) is 0 Å². The highest BCUT2D eigenvalue weighted by Gasteiger charge is 2.15. The molecule has 0 N–H and O–H groups in total. The van der Waals surface area contributed by atoms with Crippen LogP contribution in [-0.2, 0) is 9.53 Å². The molecule has 0 radical (unpaired) electrons. The van der Waals surface area contributed by atoms with E-state index in [1.807, 2.05) is 13.8 Å². The number of nitrogens with zero attached hydrogens (tertiary/aromatic N) is 1. The molecule has 78 valence electrons. The van der Waals surface area contributed by atoms with E-state index < -0.39 is 0 Å². The SMILES string of the molecule is CCOCCN(C)C(=O)C(C)CCl. The fourth-order valence-corrected chi connectivity index (χ4v) is 1.03. The largest absolute Gasteiger partial charge is 0.380 e. The Morgan fingerprint density at radius 2 is 2.23 bits per heavy atom. The summed E-state index contributed by atoms with van der Waals surface area (Å²) < 4.78 is 5.14. The van der Waals surface area contributed by atoms with E-state index in [4.69, 9.17) is 16.3 Å². The lowest BCUT2D eigenvalue weighted by Crippen LogP contribution is -2.34. The summed E-state index contributed by atoms with van der Waals surface area (Å²) in [6, 6.07) is 0. The van der Waals surface area contributed by atoms with Crippen molar-refractivity contribution in [1.82, 2.24) is 4.90 Å². The molecule has 13 heavy (non-hydrogen) atoms. The molecule has 4 heteroatoms. The third-order valence-corrected chi connectivity index (χ3v) is 2.27. The number of alkyl halides is 1. The fourth-order valence-electron chi connectivity index (χ4n) is 0.898. The number of hydrogen-bond acceptors (Lipinski definition) is 2. The normalized spacial score (nSPS) is 12.6. The lowest BCUT2D eigenvalue weighted by Gasteiger charge is -2.19. The highest BCUT2D eigenvalue weighted by Crippen LogP contribution is 2.02. The van der Waals surface area contributed by atoms with E-state index >= 15 is 0 Å². The van der Waals surface area contributed by atoms with Crippen LogP contribution in [0.3, 0.4) is 0 Å². The van der Waals surface area contributed by atoms with Crippen LogP contribution in [-0.4, -0.2) is 43.5 Å². The average Bonchev–Trinajstić information content (AvgIpc) is 2.15. The molecule has 0 aromatic rings. The first kappa shape index (κ1) is 12.7. The monoisotopic (exact) mass is 207 g/mol. The second-order valence-corrected chi connectivity index (χ2v) is 3.32. The van der Waals surface area contributed by atoms with Crippen molar-refractivity contribution >= 4 is 17.5 Å². The second-order valence-electron chi connectivity index (χ2n) is 3.01. The maximum absolute atomic E-state index is 11.5. The summed E-state index contributed by atoms with van der Waals surface area (Å²) in [7, 11) is 1.77. The van der Waals surface area contributed by atoms with Crippen molar-refractivity contribution in [3.8, 4) is 0 Å². The average molecular weight is 208 g/mol. The highest BCUT2D eigenvalue weighted by molar-refractivity contribution is 6.19. The number of ether oxygens (including phenoxy) is 1. The molecule has 1 unspecified atom stereocenters. The summed E-state index contributed by atoms with van der Waals surface area (Å²) in [5, 5.41) is 0. The Morgan fingerprint density at radius 1 is 1.62 bits per heavy atom. The van der Waals surface area contributed by atoms with E-state index in [-0.39, 0.29) is 11.8 Å². The van der Waals surface area contributed by atoms with E-state index in [9.17, 15) is 4.79 Å². The zero-order valence-electron chi connectivity index (χ0n) is 8.55. The van der Waals surface area contributed by atoms with Crippen molar-refractivity contribution < 1.29 is 9.53 Å². The molecule has 3 nitrogen and oxygen atoms in total. The zero-order chi connectivity index (χ0) is 10.3. The van der Waals surface area contributed by atoms with Gasteiger partial charge >= 0.3 is 0 Å². The molecule has 0 spiro atoms. The van der Waals surface area contributed by atoms with E-state index in [0.29, 0.717) is 25.6 Å². The Hall–Kier alpha value is -0.280. The van der Waals surface area contributed by atoms with Crippen molar-refractivity contribution in [1.29, 1.82) is 0 Å². The number of hydrogen-bond donors (Lipinski definition) is 0. The van der Waals surface area contributed by atoms with E-state index in [1.54, 1.807) is 11.9 Å². The van der Waals surface area contributed by atoms with Gasteiger partial charge in [0.25, 0.3) is 0 Å². The van der Waals surface area contributed by atoms with Crippen LogP contribution in [0.1, 0.15) is 13.8 Å². The molecular formula is C9H18ClNO2. The molecule has 0 heterocycles. The van der Waals surface area contributed by atoms with Crippen LogP contribution in [0.4, 0.5) is 0 Å². The molecule has 0 saturated heterocycles. The van der Waals surface area contributed by atoms with E-state index in [0.717, 1.165) is 0 Å². The minimum absolute atomic E-state index is 0.0784. The van der Waals surface area contributed by atoms with Gasteiger partial charge in [-0.3, -0.25) is 4.79 Å². The molecule has 1 amide bonds. The quantitative estimate of drug-likeness (QED) is 0.486. The highest BCUT2D eigenvalue weighted by atomic mass is 35.5. The first-order valence-corrected chi connectivity index (χ1v) is 5.05. The molecule has 0 aromatic heterocycles. The molecule has 0 rings (SSSR count). The first-order chi connectivity index (χ1) is 6.13. The maximum atomic E-state index is 11.5. The van der Waals surface area contributed by atoms with Crippen LogP contribution < -0.4 is 0 Å². The van der Waals surface area contributed by atoms with Gasteiger partial charge in [0.2, 0.25) is 5.91 Å². The van der Waals surface area contributed by atoms with Gasteiger partial charge in [0.15, 0.2) is 0 Å². The van der Waals surface area contributed by atoms with Gasteiger partial charge in [-0.1, -0.05) is 6.92 Å². The molecule has 0 aromatic carbocycles. The summed E-state index contributed by atoms with van der Waals surface area (Å²) >= 11 is 5.57. The van der Waals surface area contributed by atoms with Crippen molar-refractivity contribution in [2.45, 2.75) is 13.8 Å². The minimum Gasteiger partial charge on any atom is -0.380 e. The molecule has 1 atom stereocenters. The van der Waals surface area contributed by atoms with Crippen molar-refractivity contribution in [3.63, 3.8) is 0 Å². The number of amides is 1. The number of carbonyl (C=O) groups is 1. The van der Waals surface area contributed by atoms with Gasteiger partial charge < -0.3 is 9.64 Å². The maximum Gasteiger partial charge on any atom is 0.226 e. The summed E-state index contributed by atoms with van der Waals surface area (Å²) in [6.45, 7) is 5.67. The predicted molar refractivity (Wildman–Crippen MR) is 54.0 cm³/mol. The molecule has 0 aliphatic heterocycles. The van der Waals surface area contributed by atoms with Crippen LogP contribution in [0, 0.1) is 5.92 Å². The Kier molecular flexibility index (Phi) is 7.00. The zero-order valence-corrected chi connectivity index (χ0v) is 9.30. The van der Waals surface area contributed by atoms with E-state index in [1.165, 1.54) is 0 Å². The predicted octanol–water partition coefficient (Wildman–Crippen LogP) is 1.36. The number of likely N-dealkylation sites (N-methyl/N-ethyl adjacent to an activating group) is 1. The summed E-state index contributed by atoms with van der Waals surface area (Å²) in [4.78, 5) is 13.1. The lowest BCUT2D eigenvalue weighted by atomic mass is 10.2. The smallest absolute Gasteiger partial charge is 0.226 e. The number of rotatable bonds is 6. The van der Waals surface area contributed by atoms with Gasteiger partial charge in [-0.05, 0) is 6.92 Å². The van der Waals surface area contributed by atoms with Gasteiger partial charge in [-0.15, -0.1) is 11.6 Å². The molecular weight excluding hydrogens is 190 g/mol. The Balaban J connectivity index is 3.69. The third kappa shape index (κ3) is 5.11. The number of halogens is 1. The molecule has 0 bridgehead atoms. The summed E-state index contributed by atoms with van der Waals surface area (Å²) in [6.07, 6.45) is 0. The van der Waals surface area contributed by atoms with Crippen LogP contribution >= 0.6 is 11.6 Å². The molecule has 0 saturated carbocycles. The Morgan fingerprint density at radius 3 is 2.69 bits per heavy atom. The van der Waals surface area contributed by atoms with Crippen LogP contribution in [0.2, 0.25) is 0 Å².